The average Bonchev–Trinajstić information content (AvgIpc) is 2.76. The van der Waals surface area contributed by atoms with Gasteiger partial charge in [-0.15, -0.1) is 0 Å². The van der Waals surface area contributed by atoms with Gasteiger partial charge in [-0.05, 0) is 39.0 Å². The van der Waals surface area contributed by atoms with E-state index in [2.05, 4.69) is 34.0 Å². The Hall–Kier alpha value is -1.16. The molecule has 2 fully saturated rings. The summed E-state index contributed by atoms with van der Waals surface area (Å²) in [6, 6.07) is 2.08. The van der Waals surface area contributed by atoms with Crippen molar-refractivity contribution in [2.45, 2.75) is 64.1 Å². The molecule has 0 radical (unpaired) electrons. The van der Waals surface area contributed by atoms with Crippen molar-refractivity contribution in [3.05, 3.63) is 18.1 Å². The molecule has 0 aromatic carbocycles. The van der Waals surface area contributed by atoms with Gasteiger partial charge >= 0.3 is 0 Å². The van der Waals surface area contributed by atoms with Crippen molar-refractivity contribution >= 4 is 5.82 Å². The summed E-state index contributed by atoms with van der Waals surface area (Å²) in [6.07, 6.45) is 9.98. The van der Waals surface area contributed by atoms with Gasteiger partial charge in [-0.2, -0.15) is 0 Å². The molecule has 3 rings (SSSR count). The summed E-state index contributed by atoms with van der Waals surface area (Å²) < 4.78 is 0. The highest BCUT2D eigenvalue weighted by atomic mass is 15.2. The van der Waals surface area contributed by atoms with Crippen molar-refractivity contribution in [1.82, 2.24) is 15.3 Å². The molecule has 0 aliphatic carbocycles. The van der Waals surface area contributed by atoms with E-state index in [4.69, 9.17) is 0 Å². The molecule has 104 valence electrons. The van der Waals surface area contributed by atoms with Crippen molar-refractivity contribution in [2.24, 2.45) is 0 Å². The molecule has 1 aromatic rings. The normalized spacial score (nSPS) is 29.5. The van der Waals surface area contributed by atoms with Gasteiger partial charge in [0.1, 0.15) is 5.82 Å². The maximum absolute atomic E-state index is 4.59. The Morgan fingerprint density at radius 1 is 1.21 bits per heavy atom. The van der Waals surface area contributed by atoms with Crippen LogP contribution in [0.25, 0.3) is 0 Å². The number of aryl methyl sites for hydroxylation is 1. The fraction of sp³-hybridized carbons (Fsp3) is 0.733. The number of hydrogen-bond donors (Lipinski definition) is 1. The van der Waals surface area contributed by atoms with E-state index >= 15 is 0 Å². The molecule has 2 atom stereocenters. The number of anilines is 1. The van der Waals surface area contributed by atoms with Gasteiger partial charge in [-0.25, -0.2) is 4.98 Å². The molecule has 2 bridgehead atoms. The Labute approximate surface area is 115 Å². The summed E-state index contributed by atoms with van der Waals surface area (Å²) in [4.78, 5) is 11.5. The van der Waals surface area contributed by atoms with Gasteiger partial charge in [0.05, 0.1) is 5.69 Å². The zero-order valence-electron chi connectivity index (χ0n) is 12.0. The van der Waals surface area contributed by atoms with E-state index in [1.807, 2.05) is 6.20 Å². The minimum atomic E-state index is 0.633. The van der Waals surface area contributed by atoms with E-state index in [1.54, 1.807) is 6.20 Å². The van der Waals surface area contributed by atoms with Crippen LogP contribution < -0.4 is 10.2 Å². The van der Waals surface area contributed by atoms with Crippen LogP contribution in [-0.4, -0.2) is 34.6 Å². The predicted molar refractivity (Wildman–Crippen MR) is 77.4 cm³/mol. The van der Waals surface area contributed by atoms with E-state index in [0.717, 1.165) is 36.6 Å². The standard InChI is InChI=1S/C15H24N4/c1-3-8-19(15-11(2)16-6-7-17-15)14-9-12-4-5-13(10-14)18-12/h6-7,12-14,18H,3-5,8-10H2,1-2H3. The zero-order valence-corrected chi connectivity index (χ0v) is 12.0. The van der Waals surface area contributed by atoms with Crippen LogP contribution in [0.15, 0.2) is 12.4 Å². The van der Waals surface area contributed by atoms with E-state index < -0.39 is 0 Å². The zero-order chi connectivity index (χ0) is 13.2. The highest BCUT2D eigenvalue weighted by Crippen LogP contribution is 2.32. The van der Waals surface area contributed by atoms with E-state index in [0.29, 0.717) is 6.04 Å². The van der Waals surface area contributed by atoms with Gasteiger partial charge in [0, 0.05) is 37.1 Å². The lowest BCUT2D eigenvalue weighted by Gasteiger charge is -2.38. The molecule has 19 heavy (non-hydrogen) atoms. The fourth-order valence-electron chi connectivity index (χ4n) is 3.67. The van der Waals surface area contributed by atoms with Gasteiger partial charge in [0.2, 0.25) is 0 Å². The van der Waals surface area contributed by atoms with Crippen LogP contribution in [0.1, 0.15) is 44.7 Å². The lowest BCUT2D eigenvalue weighted by molar-refractivity contribution is 0.345. The molecule has 0 saturated carbocycles. The number of piperidine rings is 1. The number of nitrogens with one attached hydrogen (secondary N) is 1. The summed E-state index contributed by atoms with van der Waals surface area (Å²) in [5.74, 6) is 1.09. The van der Waals surface area contributed by atoms with Crippen molar-refractivity contribution in [2.75, 3.05) is 11.4 Å². The molecular weight excluding hydrogens is 236 g/mol. The third-order valence-electron chi connectivity index (χ3n) is 4.48. The molecule has 0 spiro atoms. The van der Waals surface area contributed by atoms with Crippen LogP contribution in [0, 0.1) is 6.92 Å². The van der Waals surface area contributed by atoms with Crippen LogP contribution in [0.4, 0.5) is 5.82 Å². The van der Waals surface area contributed by atoms with Crippen molar-refractivity contribution < 1.29 is 0 Å². The Kier molecular flexibility index (Phi) is 3.69. The van der Waals surface area contributed by atoms with Gasteiger partial charge in [0.15, 0.2) is 0 Å². The first-order valence-electron chi connectivity index (χ1n) is 7.58. The van der Waals surface area contributed by atoms with Crippen LogP contribution in [-0.2, 0) is 0 Å². The van der Waals surface area contributed by atoms with Gasteiger partial charge < -0.3 is 10.2 Å². The monoisotopic (exact) mass is 260 g/mol. The molecule has 4 nitrogen and oxygen atoms in total. The third-order valence-corrected chi connectivity index (χ3v) is 4.48. The Morgan fingerprint density at radius 3 is 2.53 bits per heavy atom. The number of nitrogens with zero attached hydrogens (tertiary/aromatic N) is 3. The average molecular weight is 260 g/mol. The van der Waals surface area contributed by atoms with E-state index in [9.17, 15) is 0 Å². The highest BCUT2D eigenvalue weighted by molar-refractivity contribution is 5.43. The van der Waals surface area contributed by atoms with Crippen LogP contribution in [0.5, 0.6) is 0 Å². The first-order valence-corrected chi connectivity index (χ1v) is 7.58. The minimum absolute atomic E-state index is 0.633. The largest absolute Gasteiger partial charge is 0.352 e. The molecule has 2 aliphatic heterocycles. The lowest BCUT2D eigenvalue weighted by atomic mass is 9.97. The summed E-state index contributed by atoms with van der Waals surface area (Å²) in [5.41, 5.74) is 1.06. The van der Waals surface area contributed by atoms with Gasteiger partial charge in [-0.1, -0.05) is 6.92 Å². The van der Waals surface area contributed by atoms with Crippen molar-refractivity contribution in [1.29, 1.82) is 0 Å². The van der Waals surface area contributed by atoms with Gasteiger partial charge in [0.25, 0.3) is 0 Å². The molecule has 4 heteroatoms. The maximum atomic E-state index is 4.59. The summed E-state index contributed by atoms with van der Waals surface area (Å²) in [6.45, 7) is 5.40. The first-order chi connectivity index (χ1) is 9.28. The molecule has 2 aliphatic rings. The Morgan fingerprint density at radius 2 is 1.89 bits per heavy atom. The smallest absolute Gasteiger partial charge is 0.150 e. The predicted octanol–water partition coefficient (Wildman–Crippen LogP) is 2.28. The Bertz CT molecular complexity index is 422. The van der Waals surface area contributed by atoms with Crippen LogP contribution >= 0.6 is 0 Å². The highest BCUT2D eigenvalue weighted by Gasteiger charge is 2.36. The number of fused-ring (bicyclic) bond motifs is 2. The Balaban J connectivity index is 1.83. The van der Waals surface area contributed by atoms with Crippen LogP contribution in [0.3, 0.4) is 0 Å². The van der Waals surface area contributed by atoms with E-state index in [1.165, 1.54) is 25.7 Å². The second-order valence-corrected chi connectivity index (χ2v) is 5.92. The second-order valence-electron chi connectivity index (χ2n) is 5.92. The molecule has 1 aromatic heterocycles. The fourth-order valence-corrected chi connectivity index (χ4v) is 3.67. The second kappa shape index (κ2) is 5.45. The summed E-state index contributed by atoms with van der Waals surface area (Å²) in [5, 5.41) is 3.72. The molecule has 2 unspecified atom stereocenters. The SMILES string of the molecule is CCCN(c1nccnc1C)C1CC2CCC(C1)N2. The summed E-state index contributed by atoms with van der Waals surface area (Å²) >= 11 is 0. The van der Waals surface area contributed by atoms with Crippen LogP contribution in [0.2, 0.25) is 0 Å². The van der Waals surface area contributed by atoms with Crippen molar-refractivity contribution in [3.8, 4) is 0 Å². The number of rotatable bonds is 4. The first kappa shape index (κ1) is 12.9. The minimum Gasteiger partial charge on any atom is -0.352 e. The topological polar surface area (TPSA) is 41.1 Å². The number of aromatic nitrogens is 2. The summed E-state index contributed by atoms with van der Waals surface area (Å²) in [7, 11) is 0. The lowest BCUT2D eigenvalue weighted by Crippen LogP contribution is -2.49. The molecular formula is C15H24N4. The quantitative estimate of drug-likeness (QED) is 0.902. The molecule has 0 amide bonds. The molecule has 3 heterocycles. The number of hydrogen-bond acceptors (Lipinski definition) is 4. The van der Waals surface area contributed by atoms with Crippen molar-refractivity contribution in [3.63, 3.8) is 0 Å². The third kappa shape index (κ3) is 2.59. The maximum Gasteiger partial charge on any atom is 0.150 e. The molecule has 2 saturated heterocycles. The van der Waals surface area contributed by atoms with E-state index in [-0.39, 0.29) is 0 Å². The molecule has 1 N–H and O–H groups in total. The van der Waals surface area contributed by atoms with Gasteiger partial charge in [-0.3, -0.25) is 4.98 Å².